The molecule has 2 fully saturated rings. The zero-order valence-corrected chi connectivity index (χ0v) is 18.7. The van der Waals surface area contributed by atoms with Gasteiger partial charge in [-0.25, -0.2) is 0 Å². The maximum atomic E-state index is 13.4. The van der Waals surface area contributed by atoms with Gasteiger partial charge in [0, 0.05) is 12.1 Å². The van der Waals surface area contributed by atoms with Gasteiger partial charge in [0.1, 0.15) is 6.10 Å². The minimum atomic E-state index is -0.984. The number of aliphatic hydroxyl groups is 1. The molecule has 0 aromatic rings. The molecule has 1 amide bonds. The quantitative estimate of drug-likeness (QED) is 0.553. The summed E-state index contributed by atoms with van der Waals surface area (Å²) in [4.78, 5) is 28.6. The van der Waals surface area contributed by atoms with Gasteiger partial charge in [0.25, 0.3) is 0 Å². The van der Waals surface area contributed by atoms with Gasteiger partial charge in [-0.3, -0.25) is 9.59 Å². The summed E-state index contributed by atoms with van der Waals surface area (Å²) in [6.07, 6.45) is 11.9. The number of ketones is 1. The van der Waals surface area contributed by atoms with Gasteiger partial charge in [-0.15, -0.1) is 0 Å². The molecule has 0 aromatic heterocycles. The van der Waals surface area contributed by atoms with E-state index in [-0.39, 0.29) is 23.8 Å². The SMILES string of the molecule is CC(C)N(C(=O)C(CC1CCCCC1)C(=O)[C@H](O)CC1CCCCC1)C(C)C. The molecule has 0 spiro atoms. The maximum Gasteiger partial charge on any atom is 0.233 e. The molecule has 0 aromatic carbocycles. The Morgan fingerprint density at radius 1 is 0.786 bits per heavy atom. The third-order valence-corrected chi connectivity index (χ3v) is 6.91. The highest BCUT2D eigenvalue weighted by Crippen LogP contribution is 2.33. The van der Waals surface area contributed by atoms with Crippen molar-refractivity contribution in [3.05, 3.63) is 0 Å². The summed E-state index contributed by atoms with van der Waals surface area (Å²) in [5, 5.41) is 10.8. The van der Waals surface area contributed by atoms with E-state index in [2.05, 4.69) is 0 Å². The Hall–Kier alpha value is -0.900. The molecule has 0 heterocycles. The van der Waals surface area contributed by atoms with E-state index in [0.717, 1.165) is 25.7 Å². The molecule has 0 bridgehead atoms. The van der Waals surface area contributed by atoms with Gasteiger partial charge in [-0.2, -0.15) is 0 Å². The predicted molar refractivity (Wildman–Crippen MR) is 114 cm³/mol. The zero-order chi connectivity index (χ0) is 20.7. The number of nitrogens with zero attached hydrogens (tertiary/aromatic N) is 1. The third-order valence-electron chi connectivity index (χ3n) is 6.91. The first-order valence-electron chi connectivity index (χ1n) is 11.8. The van der Waals surface area contributed by atoms with E-state index >= 15 is 0 Å². The molecule has 2 aliphatic carbocycles. The highest BCUT2D eigenvalue weighted by Gasteiger charge is 2.38. The highest BCUT2D eigenvalue weighted by atomic mass is 16.3. The smallest absolute Gasteiger partial charge is 0.233 e. The number of amides is 1. The second-order valence-electron chi connectivity index (χ2n) is 9.88. The van der Waals surface area contributed by atoms with Crippen LogP contribution in [0, 0.1) is 17.8 Å². The van der Waals surface area contributed by atoms with Crippen LogP contribution in [-0.4, -0.2) is 39.9 Å². The van der Waals surface area contributed by atoms with Crippen molar-refractivity contribution in [2.24, 2.45) is 17.8 Å². The highest BCUT2D eigenvalue weighted by molar-refractivity contribution is 6.03. The van der Waals surface area contributed by atoms with E-state index in [1.807, 2.05) is 32.6 Å². The fourth-order valence-corrected chi connectivity index (χ4v) is 5.47. The van der Waals surface area contributed by atoms with Crippen molar-refractivity contribution in [2.45, 2.75) is 123 Å². The molecule has 1 N–H and O–H groups in total. The van der Waals surface area contributed by atoms with Crippen LogP contribution in [0.25, 0.3) is 0 Å². The molecule has 0 aliphatic heterocycles. The Morgan fingerprint density at radius 3 is 1.64 bits per heavy atom. The van der Waals surface area contributed by atoms with Gasteiger partial charge in [-0.1, -0.05) is 64.2 Å². The van der Waals surface area contributed by atoms with Gasteiger partial charge in [0.05, 0.1) is 5.92 Å². The second-order valence-corrected chi connectivity index (χ2v) is 9.88. The number of Topliss-reactive ketones (excluding diaryl/α,β-unsaturated/α-hetero) is 1. The van der Waals surface area contributed by atoms with Crippen LogP contribution < -0.4 is 0 Å². The largest absolute Gasteiger partial charge is 0.385 e. The van der Waals surface area contributed by atoms with E-state index in [9.17, 15) is 14.7 Å². The first-order valence-corrected chi connectivity index (χ1v) is 11.8. The van der Waals surface area contributed by atoms with E-state index in [0.29, 0.717) is 24.7 Å². The summed E-state index contributed by atoms with van der Waals surface area (Å²) >= 11 is 0. The van der Waals surface area contributed by atoms with Gasteiger partial charge < -0.3 is 10.0 Å². The summed E-state index contributed by atoms with van der Waals surface area (Å²) in [6, 6.07) is 0.120. The topological polar surface area (TPSA) is 57.6 Å². The molecule has 4 heteroatoms. The summed E-state index contributed by atoms with van der Waals surface area (Å²) in [6.45, 7) is 8.05. The van der Waals surface area contributed by atoms with Gasteiger partial charge in [0.15, 0.2) is 5.78 Å². The number of carbonyl (C=O) groups is 2. The Balaban J connectivity index is 2.12. The first kappa shape index (κ1) is 23.4. The summed E-state index contributed by atoms with van der Waals surface area (Å²) in [5.41, 5.74) is 0. The molecule has 0 radical (unpaired) electrons. The fourth-order valence-electron chi connectivity index (χ4n) is 5.47. The first-order chi connectivity index (χ1) is 13.3. The number of hydrogen-bond donors (Lipinski definition) is 1. The second kappa shape index (κ2) is 11.3. The predicted octanol–water partition coefficient (Wildman–Crippen LogP) is 5.12. The fraction of sp³-hybridized carbons (Fsp3) is 0.917. The molecule has 2 aliphatic rings. The van der Waals surface area contributed by atoms with Crippen molar-refractivity contribution < 1.29 is 14.7 Å². The molecular weight excluding hydrogens is 350 g/mol. The molecule has 162 valence electrons. The van der Waals surface area contributed by atoms with Gasteiger partial charge in [0.2, 0.25) is 5.91 Å². The third kappa shape index (κ3) is 6.57. The zero-order valence-electron chi connectivity index (χ0n) is 18.7. The van der Waals surface area contributed by atoms with Crippen molar-refractivity contribution in [3.63, 3.8) is 0 Å². The molecule has 1 unspecified atom stereocenters. The van der Waals surface area contributed by atoms with E-state index in [1.165, 1.54) is 38.5 Å². The lowest BCUT2D eigenvalue weighted by atomic mass is 9.78. The average Bonchev–Trinajstić information content (AvgIpc) is 2.66. The minimum Gasteiger partial charge on any atom is -0.385 e. The van der Waals surface area contributed by atoms with Crippen LogP contribution in [0.15, 0.2) is 0 Å². The van der Waals surface area contributed by atoms with Crippen LogP contribution in [0.2, 0.25) is 0 Å². The number of rotatable bonds is 9. The minimum absolute atomic E-state index is 0.0599. The molecule has 2 saturated carbocycles. The Bertz CT molecular complexity index is 482. The van der Waals surface area contributed by atoms with Crippen LogP contribution in [0.3, 0.4) is 0 Å². The molecular formula is C24H43NO3. The van der Waals surface area contributed by atoms with E-state index in [1.54, 1.807) is 0 Å². The molecule has 28 heavy (non-hydrogen) atoms. The summed E-state index contributed by atoms with van der Waals surface area (Å²) in [7, 11) is 0. The Kier molecular flexibility index (Phi) is 9.46. The molecule has 0 saturated heterocycles. The number of carbonyl (C=O) groups excluding carboxylic acids is 2. The van der Waals surface area contributed by atoms with Crippen molar-refractivity contribution in [1.29, 1.82) is 0 Å². The summed E-state index contributed by atoms with van der Waals surface area (Å²) in [5.74, 6) is -0.0821. The summed E-state index contributed by atoms with van der Waals surface area (Å²) < 4.78 is 0. The Labute approximate surface area is 172 Å². The van der Waals surface area contributed by atoms with E-state index in [4.69, 9.17) is 0 Å². The molecule has 2 atom stereocenters. The van der Waals surface area contributed by atoms with E-state index < -0.39 is 12.0 Å². The van der Waals surface area contributed by atoms with Crippen LogP contribution in [0.4, 0.5) is 0 Å². The standard InChI is InChI=1S/C24H43NO3/c1-17(2)25(18(3)4)24(28)21(15-19-11-7-5-8-12-19)23(27)22(26)16-20-13-9-6-10-14-20/h17-22,26H,5-16H2,1-4H3/t21?,22-/m1/s1. The monoisotopic (exact) mass is 393 g/mol. The lowest BCUT2D eigenvalue weighted by Crippen LogP contribution is -2.49. The maximum absolute atomic E-state index is 13.4. The lowest BCUT2D eigenvalue weighted by molar-refractivity contribution is -0.148. The van der Waals surface area contributed by atoms with Crippen LogP contribution in [0.1, 0.15) is 105 Å². The van der Waals surface area contributed by atoms with Crippen LogP contribution in [-0.2, 0) is 9.59 Å². The number of hydrogen-bond acceptors (Lipinski definition) is 3. The van der Waals surface area contributed by atoms with Crippen molar-refractivity contribution >= 4 is 11.7 Å². The van der Waals surface area contributed by atoms with Crippen LogP contribution >= 0.6 is 0 Å². The lowest BCUT2D eigenvalue weighted by Gasteiger charge is -2.36. The van der Waals surface area contributed by atoms with Crippen molar-refractivity contribution in [3.8, 4) is 0 Å². The normalized spacial score (nSPS) is 21.7. The van der Waals surface area contributed by atoms with Crippen molar-refractivity contribution in [2.75, 3.05) is 0 Å². The Morgan fingerprint density at radius 2 is 1.21 bits per heavy atom. The van der Waals surface area contributed by atoms with Gasteiger partial charge >= 0.3 is 0 Å². The number of aliphatic hydroxyl groups excluding tert-OH is 1. The van der Waals surface area contributed by atoms with Crippen molar-refractivity contribution in [1.82, 2.24) is 4.90 Å². The van der Waals surface area contributed by atoms with Gasteiger partial charge in [-0.05, 0) is 52.4 Å². The average molecular weight is 394 g/mol. The molecule has 2 rings (SSSR count). The molecule has 4 nitrogen and oxygen atoms in total. The van der Waals surface area contributed by atoms with Crippen LogP contribution in [0.5, 0.6) is 0 Å².